The smallest absolute Gasteiger partial charge is 0.362 e. The monoisotopic (exact) mass is 443 g/mol. The first-order chi connectivity index (χ1) is 14.1. The fraction of sp³-hybridized carbons (Fsp3) is 0.0952. The quantitative estimate of drug-likeness (QED) is 0.455. The number of nitrogens with zero attached hydrogens (tertiary/aromatic N) is 1. The van der Waals surface area contributed by atoms with Crippen molar-refractivity contribution in [3.63, 3.8) is 0 Å². The highest BCUT2D eigenvalue weighted by atomic mass is 35.5. The molecule has 0 fully saturated rings. The molecule has 0 bridgehead atoms. The molecular formula is C21H14ClNO4S2. The van der Waals surface area contributed by atoms with Crippen LogP contribution in [-0.2, 0) is 14.3 Å². The van der Waals surface area contributed by atoms with Crippen molar-refractivity contribution in [2.24, 2.45) is 4.99 Å². The number of hydrogen-bond acceptors (Lipinski definition) is 7. The number of rotatable bonds is 5. The van der Waals surface area contributed by atoms with Crippen LogP contribution in [0.5, 0.6) is 0 Å². The van der Waals surface area contributed by atoms with Gasteiger partial charge in [0.2, 0.25) is 0 Å². The van der Waals surface area contributed by atoms with Crippen molar-refractivity contribution in [3.05, 3.63) is 68.7 Å². The molecule has 1 aliphatic heterocycles. The first kappa shape index (κ1) is 19.6. The van der Waals surface area contributed by atoms with Crippen LogP contribution in [0.25, 0.3) is 16.9 Å². The minimum Gasteiger partial charge on any atom is -0.462 e. The molecule has 8 heteroatoms. The van der Waals surface area contributed by atoms with E-state index in [9.17, 15) is 9.59 Å². The topological polar surface area (TPSA) is 65.0 Å². The van der Waals surface area contributed by atoms with Crippen LogP contribution in [0.1, 0.15) is 22.2 Å². The van der Waals surface area contributed by atoms with Crippen LogP contribution in [0, 0.1) is 0 Å². The number of carbonyl (C=O) groups excluding carboxylic acids is 2. The van der Waals surface area contributed by atoms with Crippen LogP contribution in [0.15, 0.2) is 58.2 Å². The molecule has 0 N–H and O–H groups in total. The third-order valence-corrected chi connectivity index (χ3v) is 6.08. The second-order valence-electron chi connectivity index (χ2n) is 5.93. The van der Waals surface area contributed by atoms with Crippen molar-refractivity contribution >= 4 is 62.7 Å². The predicted octanol–water partition coefficient (Wildman–Crippen LogP) is 5.98. The van der Waals surface area contributed by atoms with E-state index in [4.69, 9.17) is 21.1 Å². The number of ether oxygens (including phenoxy) is 2. The molecule has 0 aliphatic carbocycles. The summed E-state index contributed by atoms with van der Waals surface area (Å²) in [6, 6.07) is 10.9. The van der Waals surface area contributed by atoms with E-state index < -0.39 is 11.9 Å². The maximum atomic E-state index is 12.7. The largest absolute Gasteiger partial charge is 0.462 e. The molecule has 4 rings (SSSR count). The van der Waals surface area contributed by atoms with Gasteiger partial charge in [-0.3, -0.25) is 0 Å². The van der Waals surface area contributed by atoms with Crippen LogP contribution >= 0.6 is 34.3 Å². The van der Waals surface area contributed by atoms with Gasteiger partial charge in [0.05, 0.1) is 11.5 Å². The fourth-order valence-corrected chi connectivity index (χ4v) is 4.51. The molecule has 0 unspecified atom stereocenters. The van der Waals surface area contributed by atoms with Crippen molar-refractivity contribution in [2.45, 2.75) is 6.92 Å². The lowest BCUT2D eigenvalue weighted by Crippen LogP contribution is -2.08. The van der Waals surface area contributed by atoms with Crippen molar-refractivity contribution in [1.29, 1.82) is 0 Å². The molecule has 0 saturated carbocycles. The maximum Gasteiger partial charge on any atom is 0.362 e. The Bertz CT molecular complexity index is 1130. The maximum absolute atomic E-state index is 12.7. The van der Waals surface area contributed by atoms with Crippen molar-refractivity contribution < 1.29 is 19.1 Å². The highest BCUT2D eigenvalue weighted by Gasteiger charge is 2.27. The van der Waals surface area contributed by atoms with Crippen LogP contribution in [0.4, 0.5) is 5.00 Å². The number of hydrogen-bond donors (Lipinski definition) is 0. The molecule has 0 saturated heterocycles. The summed E-state index contributed by atoms with van der Waals surface area (Å²) < 4.78 is 10.5. The molecule has 3 aromatic rings. The van der Waals surface area contributed by atoms with Crippen molar-refractivity contribution in [1.82, 2.24) is 0 Å². The minimum atomic E-state index is -0.551. The van der Waals surface area contributed by atoms with E-state index >= 15 is 0 Å². The van der Waals surface area contributed by atoms with Gasteiger partial charge in [-0.05, 0) is 36.1 Å². The molecule has 0 amide bonds. The lowest BCUT2D eigenvalue weighted by atomic mass is 10.0. The minimum absolute atomic E-state index is 0.142. The molecule has 0 atom stereocenters. The van der Waals surface area contributed by atoms with E-state index in [-0.39, 0.29) is 12.3 Å². The Hall–Kier alpha value is -2.74. The molecule has 1 aliphatic rings. The Morgan fingerprint density at radius 2 is 2.00 bits per heavy atom. The van der Waals surface area contributed by atoms with E-state index in [1.165, 1.54) is 22.7 Å². The second kappa shape index (κ2) is 8.32. The highest BCUT2D eigenvalue weighted by molar-refractivity contribution is 7.15. The van der Waals surface area contributed by atoms with E-state index in [0.717, 1.165) is 10.4 Å². The molecule has 29 heavy (non-hydrogen) atoms. The normalized spacial score (nSPS) is 14.8. The van der Waals surface area contributed by atoms with Gasteiger partial charge in [0.25, 0.3) is 0 Å². The molecular weight excluding hydrogens is 430 g/mol. The van der Waals surface area contributed by atoms with E-state index in [1.54, 1.807) is 25.1 Å². The Labute approximate surface area is 179 Å². The van der Waals surface area contributed by atoms with E-state index in [2.05, 4.69) is 4.99 Å². The zero-order chi connectivity index (χ0) is 20.4. The summed E-state index contributed by atoms with van der Waals surface area (Å²) in [4.78, 5) is 30.2. The van der Waals surface area contributed by atoms with Gasteiger partial charge in [-0.1, -0.05) is 29.8 Å². The van der Waals surface area contributed by atoms with Crippen LogP contribution in [-0.4, -0.2) is 24.3 Å². The fourth-order valence-electron chi connectivity index (χ4n) is 2.76. The Kier molecular flexibility index (Phi) is 5.62. The van der Waals surface area contributed by atoms with Crippen LogP contribution in [0.3, 0.4) is 0 Å². The Balaban J connectivity index is 1.77. The van der Waals surface area contributed by atoms with Gasteiger partial charge in [-0.15, -0.1) is 22.7 Å². The number of cyclic esters (lactones) is 1. The van der Waals surface area contributed by atoms with Gasteiger partial charge in [0, 0.05) is 22.0 Å². The van der Waals surface area contributed by atoms with Crippen molar-refractivity contribution in [2.75, 3.05) is 6.61 Å². The van der Waals surface area contributed by atoms with Gasteiger partial charge in [-0.25, -0.2) is 14.6 Å². The molecule has 0 radical (unpaired) electrons. The average Bonchev–Trinajstić information content (AvgIpc) is 3.44. The number of esters is 2. The summed E-state index contributed by atoms with van der Waals surface area (Å²) in [5.74, 6) is -0.590. The molecule has 146 valence electrons. The van der Waals surface area contributed by atoms with E-state index in [1.807, 2.05) is 35.0 Å². The molecule has 1 aromatic carbocycles. The number of thiophene rings is 2. The summed E-state index contributed by atoms with van der Waals surface area (Å²) in [6.07, 6.45) is 1.59. The molecule has 2 aromatic heterocycles. The van der Waals surface area contributed by atoms with Gasteiger partial charge < -0.3 is 9.47 Å². The number of halogens is 1. The standard InChI is InChI=1S/C21H14ClNO4S2/c1-2-26-21(25)18-14(12-5-7-13(22)8-6-12)11-29-19(18)23-15-10-16(27-20(15)24)17-4-3-9-28-17/h3-11H,2H2,1H3. The lowest BCUT2D eigenvalue weighted by molar-refractivity contribution is -0.128. The SMILES string of the molecule is CCOC(=O)c1c(-c2ccc(Cl)cc2)csc1N=C1C=C(c2cccs2)OC1=O. The van der Waals surface area contributed by atoms with Gasteiger partial charge in [-0.2, -0.15) is 0 Å². The zero-order valence-electron chi connectivity index (χ0n) is 15.2. The van der Waals surface area contributed by atoms with E-state index in [0.29, 0.717) is 26.9 Å². The first-order valence-electron chi connectivity index (χ1n) is 8.67. The Morgan fingerprint density at radius 1 is 1.21 bits per heavy atom. The third-order valence-electron chi connectivity index (χ3n) is 4.07. The van der Waals surface area contributed by atoms with Crippen LogP contribution in [0.2, 0.25) is 5.02 Å². The zero-order valence-corrected chi connectivity index (χ0v) is 17.6. The Morgan fingerprint density at radius 3 is 2.69 bits per heavy atom. The molecule has 5 nitrogen and oxygen atoms in total. The molecule has 0 spiro atoms. The van der Waals surface area contributed by atoms with Gasteiger partial charge in [0.15, 0.2) is 11.5 Å². The predicted molar refractivity (Wildman–Crippen MR) is 116 cm³/mol. The van der Waals surface area contributed by atoms with Crippen LogP contribution < -0.4 is 0 Å². The molecule has 3 heterocycles. The lowest BCUT2D eigenvalue weighted by Gasteiger charge is -2.06. The summed E-state index contributed by atoms with van der Waals surface area (Å²) in [5, 5.41) is 4.71. The van der Waals surface area contributed by atoms with Gasteiger partial charge in [0.1, 0.15) is 10.6 Å². The average molecular weight is 444 g/mol. The second-order valence-corrected chi connectivity index (χ2v) is 8.17. The first-order valence-corrected chi connectivity index (χ1v) is 10.8. The van der Waals surface area contributed by atoms with Gasteiger partial charge >= 0.3 is 11.9 Å². The summed E-state index contributed by atoms with van der Waals surface area (Å²) >= 11 is 8.70. The van der Waals surface area contributed by atoms with Crippen molar-refractivity contribution in [3.8, 4) is 11.1 Å². The third kappa shape index (κ3) is 4.03. The highest BCUT2D eigenvalue weighted by Crippen LogP contribution is 2.39. The summed E-state index contributed by atoms with van der Waals surface area (Å²) in [5.41, 5.74) is 1.95. The summed E-state index contributed by atoms with van der Waals surface area (Å²) in [6.45, 7) is 1.97. The number of benzene rings is 1. The number of carbonyl (C=O) groups is 2. The summed E-state index contributed by atoms with van der Waals surface area (Å²) in [7, 11) is 0. The number of aliphatic imine (C=N–C) groups is 1.